The van der Waals surface area contributed by atoms with Gasteiger partial charge in [-0.2, -0.15) is 10.5 Å². The summed E-state index contributed by atoms with van der Waals surface area (Å²) in [7, 11) is 0. The lowest BCUT2D eigenvalue weighted by Crippen LogP contribution is -2.20. The van der Waals surface area contributed by atoms with Gasteiger partial charge in [-0.05, 0) is 25.3 Å². The predicted octanol–water partition coefficient (Wildman–Crippen LogP) is 2.56. The highest BCUT2D eigenvalue weighted by Gasteiger charge is 2.25. The van der Waals surface area contributed by atoms with Crippen molar-refractivity contribution in [2.75, 3.05) is 11.5 Å². The fourth-order valence-corrected chi connectivity index (χ4v) is 3.95. The van der Waals surface area contributed by atoms with Crippen molar-refractivity contribution >= 4 is 40.7 Å². The van der Waals surface area contributed by atoms with Crippen LogP contribution < -0.4 is 10.7 Å². The number of ketones is 1. The van der Waals surface area contributed by atoms with Gasteiger partial charge in [0.1, 0.15) is 24.1 Å². The van der Waals surface area contributed by atoms with Crippen molar-refractivity contribution in [3.8, 4) is 22.6 Å². The van der Waals surface area contributed by atoms with E-state index in [-0.39, 0.29) is 41.0 Å². The quantitative estimate of drug-likeness (QED) is 0.428. The van der Waals surface area contributed by atoms with Gasteiger partial charge in [-0.3, -0.25) is 15.3 Å². The van der Waals surface area contributed by atoms with E-state index in [4.69, 9.17) is 10.5 Å². The molecule has 0 saturated carbocycles. The van der Waals surface area contributed by atoms with Crippen molar-refractivity contribution in [2.24, 2.45) is 0 Å². The van der Waals surface area contributed by atoms with Gasteiger partial charge in [0.05, 0.1) is 11.9 Å². The van der Waals surface area contributed by atoms with E-state index < -0.39 is 5.97 Å². The smallest absolute Gasteiger partial charge is 0.313 e. The second kappa shape index (κ2) is 9.17. The molecular formula is C18H17N4O3S2+. The van der Waals surface area contributed by atoms with Crippen molar-refractivity contribution in [3.05, 3.63) is 28.6 Å². The molecule has 3 N–H and O–H groups in total. The normalized spacial score (nSPS) is 10.3. The van der Waals surface area contributed by atoms with Crippen LogP contribution >= 0.6 is 23.1 Å². The highest BCUT2D eigenvalue weighted by atomic mass is 32.2. The predicted molar refractivity (Wildman–Crippen MR) is 102 cm³/mol. The minimum absolute atomic E-state index is 0.0341. The van der Waals surface area contributed by atoms with E-state index in [0.717, 1.165) is 16.6 Å². The summed E-state index contributed by atoms with van der Waals surface area (Å²) in [5, 5.41) is 21.3. The zero-order valence-electron chi connectivity index (χ0n) is 14.7. The molecule has 138 valence electrons. The van der Waals surface area contributed by atoms with Gasteiger partial charge in [-0.1, -0.05) is 17.8 Å². The summed E-state index contributed by atoms with van der Waals surface area (Å²) in [5.74, 6) is -0.829. The number of thioether (sulfide) groups is 1. The number of nitriles is 2. The Hall–Kier alpha value is -2.88. The van der Waals surface area contributed by atoms with Crippen LogP contribution in [0.3, 0.4) is 0 Å². The summed E-state index contributed by atoms with van der Waals surface area (Å²) < 4.78 is 4.95. The molecule has 2 aromatic heterocycles. The number of nitrogens with one attached hydrogen (secondary N) is 1. The molecule has 0 aliphatic rings. The number of carbonyl (C=O) groups is 2. The van der Waals surface area contributed by atoms with Crippen molar-refractivity contribution in [3.63, 3.8) is 0 Å². The van der Waals surface area contributed by atoms with Crippen LogP contribution in [0, 0.1) is 22.7 Å². The van der Waals surface area contributed by atoms with Gasteiger partial charge in [0, 0.05) is 10.4 Å². The van der Waals surface area contributed by atoms with Crippen LogP contribution in [0.15, 0.2) is 22.5 Å². The SMILES string of the molecule is CC(C)OC(=O)CC(=O)CSc1[nH+]c(N)c(C#N)c(-c2cccs2)c1C#N. The summed E-state index contributed by atoms with van der Waals surface area (Å²) in [6.07, 6.45) is -0.625. The molecular weight excluding hydrogens is 384 g/mol. The Morgan fingerprint density at radius 3 is 2.59 bits per heavy atom. The van der Waals surface area contributed by atoms with Crippen LogP contribution in [0.2, 0.25) is 0 Å². The number of anilines is 1. The van der Waals surface area contributed by atoms with Crippen molar-refractivity contribution in [1.29, 1.82) is 10.5 Å². The number of nitrogens with two attached hydrogens (primary N) is 1. The minimum atomic E-state index is -0.585. The number of pyridine rings is 1. The number of rotatable bonds is 7. The molecule has 0 radical (unpaired) electrons. The Labute approximate surface area is 164 Å². The first-order valence-electron chi connectivity index (χ1n) is 7.94. The van der Waals surface area contributed by atoms with E-state index in [9.17, 15) is 20.1 Å². The Balaban J connectivity index is 2.28. The molecule has 0 fully saturated rings. The van der Waals surface area contributed by atoms with E-state index >= 15 is 0 Å². The van der Waals surface area contributed by atoms with Gasteiger partial charge in [0.25, 0.3) is 5.82 Å². The van der Waals surface area contributed by atoms with Crippen LogP contribution in [0.4, 0.5) is 5.82 Å². The van der Waals surface area contributed by atoms with E-state index in [1.54, 1.807) is 19.9 Å². The van der Waals surface area contributed by atoms with Crippen LogP contribution in [-0.4, -0.2) is 23.6 Å². The number of H-pyrrole nitrogens is 1. The Bertz CT molecular complexity index is 941. The lowest BCUT2D eigenvalue weighted by atomic mass is 10.0. The third-order valence-electron chi connectivity index (χ3n) is 3.32. The molecule has 0 bridgehead atoms. The number of nitrogen functional groups attached to an aromatic ring is 1. The molecule has 0 aliphatic carbocycles. The van der Waals surface area contributed by atoms with Gasteiger partial charge in [-0.25, -0.2) is 4.98 Å². The molecule has 27 heavy (non-hydrogen) atoms. The maximum absolute atomic E-state index is 12.0. The molecule has 0 unspecified atom stereocenters. The minimum Gasteiger partial charge on any atom is -0.463 e. The standard InChI is InChI=1S/C18H16N4O3S2/c1-10(2)25-15(24)6-11(23)9-27-18-13(8-20)16(14-4-3-5-26-14)12(7-19)17(21)22-18/h3-5,10H,6,9H2,1-2H3,(H2,21,22)/p+1. The highest BCUT2D eigenvalue weighted by molar-refractivity contribution is 7.99. The summed E-state index contributed by atoms with van der Waals surface area (Å²) in [4.78, 5) is 27.2. The number of carbonyl (C=O) groups excluding carboxylic acids is 2. The number of nitrogens with zero attached hydrogens (tertiary/aromatic N) is 2. The number of aromatic amines is 1. The second-order valence-electron chi connectivity index (χ2n) is 5.74. The molecule has 0 amide bonds. The van der Waals surface area contributed by atoms with Crippen LogP contribution in [0.25, 0.3) is 10.4 Å². The maximum atomic E-state index is 12.0. The number of ether oxygens (including phenoxy) is 1. The first-order chi connectivity index (χ1) is 12.9. The van der Waals surface area contributed by atoms with Gasteiger partial charge >= 0.3 is 5.97 Å². The largest absolute Gasteiger partial charge is 0.463 e. The topological polar surface area (TPSA) is 131 Å². The zero-order chi connectivity index (χ0) is 20.0. The number of hydrogen-bond acceptors (Lipinski definition) is 8. The third kappa shape index (κ3) is 5.07. The van der Waals surface area contributed by atoms with Gasteiger partial charge in [0.15, 0.2) is 16.4 Å². The molecule has 0 saturated heterocycles. The molecule has 2 aromatic rings. The number of aromatic nitrogens is 1. The molecule has 9 heteroatoms. The molecule has 2 heterocycles. The van der Waals surface area contributed by atoms with Crippen LogP contribution in [-0.2, 0) is 14.3 Å². The summed E-state index contributed by atoms with van der Waals surface area (Å²) in [5.41, 5.74) is 6.82. The fraction of sp³-hybridized carbons (Fsp3) is 0.278. The van der Waals surface area contributed by atoms with E-state index in [0.29, 0.717) is 10.6 Å². The Kier molecular flexibility index (Phi) is 6.94. The van der Waals surface area contributed by atoms with Crippen molar-refractivity contribution < 1.29 is 19.3 Å². The second-order valence-corrected chi connectivity index (χ2v) is 7.67. The van der Waals surface area contributed by atoms with Gasteiger partial charge in [0.2, 0.25) is 0 Å². The molecule has 7 nitrogen and oxygen atoms in total. The van der Waals surface area contributed by atoms with Gasteiger partial charge < -0.3 is 4.74 Å². The lowest BCUT2D eigenvalue weighted by Gasteiger charge is -2.09. The molecule has 2 rings (SSSR count). The first kappa shape index (κ1) is 20.4. The molecule has 0 atom stereocenters. The third-order valence-corrected chi connectivity index (χ3v) is 5.27. The van der Waals surface area contributed by atoms with E-state index in [1.807, 2.05) is 17.5 Å². The first-order valence-corrected chi connectivity index (χ1v) is 9.80. The van der Waals surface area contributed by atoms with E-state index in [1.165, 1.54) is 11.3 Å². The summed E-state index contributed by atoms with van der Waals surface area (Å²) in [6, 6.07) is 7.72. The monoisotopic (exact) mass is 401 g/mol. The number of esters is 1. The Morgan fingerprint density at radius 1 is 1.33 bits per heavy atom. The summed E-state index contributed by atoms with van der Waals surface area (Å²) >= 11 is 2.45. The average Bonchev–Trinajstić information content (AvgIpc) is 3.12. The average molecular weight is 401 g/mol. The van der Waals surface area contributed by atoms with Crippen LogP contribution in [0.5, 0.6) is 0 Å². The summed E-state index contributed by atoms with van der Waals surface area (Å²) in [6.45, 7) is 3.41. The van der Waals surface area contributed by atoms with Crippen LogP contribution in [0.1, 0.15) is 31.4 Å². The van der Waals surface area contributed by atoms with Crippen molar-refractivity contribution in [2.45, 2.75) is 31.4 Å². The number of thiophene rings is 1. The zero-order valence-corrected chi connectivity index (χ0v) is 16.4. The Morgan fingerprint density at radius 2 is 2.04 bits per heavy atom. The van der Waals surface area contributed by atoms with E-state index in [2.05, 4.69) is 11.1 Å². The van der Waals surface area contributed by atoms with Crippen molar-refractivity contribution in [1.82, 2.24) is 0 Å². The highest BCUT2D eigenvalue weighted by Crippen LogP contribution is 2.35. The number of Topliss-reactive ketones (excluding diaryl/α,β-unsaturated/α-hetero) is 1. The molecule has 0 aliphatic heterocycles. The fourth-order valence-electron chi connectivity index (χ4n) is 2.29. The molecule has 0 spiro atoms. The number of hydrogen-bond donors (Lipinski definition) is 1. The molecule has 0 aromatic carbocycles. The van der Waals surface area contributed by atoms with Gasteiger partial charge in [-0.15, -0.1) is 11.3 Å². The lowest BCUT2D eigenvalue weighted by molar-refractivity contribution is -0.410. The maximum Gasteiger partial charge on any atom is 0.313 e.